The van der Waals surface area contributed by atoms with Gasteiger partial charge in [0, 0.05) is 12.7 Å². The van der Waals surface area contributed by atoms with E-state index in [2.05, 4.69) is 64.8 Å². The Morgan fingerprint density at radius 3 is 2.68 bits per heavy atom. The van der Waals surface area contributed by atoms with Crippen LogP contribution in [0.1, 0.15) is 29.3 Å². The Labute approximate surface area is 149 Å². The van der Waals surface area contributed by atoms with Gasteiger partial charge in [-0.25, -0.2) is 4.99 Å². The summed E-state index contributed by atoms with van der Waals surface area (Å²) >= 11 is 0. The van der Waals surface area contributed by atoms with Crippen molar-refractivity contribution in [3.8, 4) is 0 Å². The van der Waals surface area contributed by atoms with E-state index in [1.807, 2.05) is 6.07 Å². The van der Waals surface area contributed by atoms with E-state index in [4.69, 9.17) is 0 Å². The second kappa shape index (κ2) is 9.45. The number of aromatic nitrogens is 2. The molecule has 2 rings (SSSR count). The maximum absolute atomic E-state index is 4.63. The maximum atomic E-state index is 4.63. The number of benzene rings is 1. The summed E-state index contributed by atoms with van der Waals surface area (Å²) in [5, 5.41) is 13.4. The molecule has 0 saturated carbocycles. The molecule has 2 aromatic rings. The van der Waals surface area contributed by atoms with Gasteiger partial charge in [0.1, 0.15) is 0 Å². The molecule has 1 aromatic heterocycles. The molecular formula is C16H24IN5. The zero-order valence-corrected chi connectivity index (χ0v) is 15.6. The topological polar surface area (TPSA) is 65.1 Å². The molecule has 0 aliphatic heterocycles. The number of aliphatic imine (C=N–C) groups is 1. The van der Waals surface area contributed by atoms with E-state index in [0.29, 0.717) is 13.1 Å². The van der Waals surface area contributed by atoms with Crippen molar-refractivity contribution in [3.05, 3.63) is 52.8 Å². The number of nitrogens with zero attached hydrogens (tertiary/aromatic N) is 2. The minimum Gasteiger partial charge on any atom is -0.357 e. The molecular weight excluding hydrogens is 389 g/mol. The Hall–Kier alpha value is -1.57. The van der Waals surface area contributed by atoms with Crippen molar-refractivity contribution in [2.24, 2.45) is 4.99 Å². The summed E-state index contributed by atoms with van der Waals surface area (Å²) in [4.78, 5) is 4.63. The van der Waals surface area contributed by atoms with Crippen LogP contribution < -0.4 is 10.6 Å². The van der Waals surface area contributed by atoms with Gasteiger partial charge in [-0.15, -0.1) is 24.0 Å². The average molecular weight is 413 g/mol. The SMILES string of the molecule is CCNC(=NCc1ccc(C)cc1C)NCc1ccn[nH]1.I. The highest BCUT2D eigenvalue weighted by molar-refractivity contribution is 14.0. The molecule has 5 nitrogen and oxygen atoms in total. The Bertz CT molecular complexity index is 593. The summed E-state index contributed by atoms with van der Waals surface area (Å²) < 4.78 is 0. The van der Waals surface area contributed by atoms with Crippen molar-refractivity contribution in [1.82, 2.24) is 20.8 Å². The summed E-state index contributed by atoms with van der Waals surface area (Å²) in [5.74, 6) is 0.812. The maximum Gasteiger partial charge on any atom is 0.191 e. The smallest absolute Gasteiger partial charge is 0.191 e. The van der Waals surface area contributed by atoms with Gasteiger partial charge in [0.25, 0.3) is 0 Å². The van der Waals surface area contributed by atoms with Crippen LogP contribution in [0.4, 0.5) is 0 Å². The van der Waals surface area contributed by atoms with Gasteiger partial charge >= 0.3 is 0 Å². The van der Waals surface area contributed by atoms with Crippen molar-refractivity contribution in [2.45, 2.75) is 33.9 Å². The van der Waals surface area contributed by atoms with Crippen molar-refractivity contribution < 1.29 is 0 Å². The first-order chi connectivity index (χ1) is 10.2. The highest BCUT2D eigenvalue weighted by Crippen LogP contribution is 2.11. The number of hydrogen-bond acceptors (Lipinski definition) is 2. The van der Waals surface area contributed by atoms with Gasteiger partial charge in [-0.3, -0.25) is 5.10 Å². The lowest BCUT2D eigenvalue weighted by Crippen LogP contribution is -2.36. The van der Waals surface area contributed by atoms with E-state index in [0.717, 1.165) is 18.2 Å². The van der Waals surface area contributed by atoms with E-state index in [9.17, 15) is 0 Å². The zero-order chi connectivity index (χ0) is 15.1. The van der Waals surface area contributed by atoms with Crippen LogP contribution in [0.5, 0.6) is 0 Å². The normalized spacial score (nSPS) is 11.0. The quantitative estimate of drug-likeness (QED) is 0.401. The summed E-state index contributed by atoms with van der Waals surface area (Å²) in [6.45, 7) is 8.48. The summed E-state index contributed by atoms with van der Waals surface area (Å²) in [7, 11) is 0. The summed E-state index contributed by atoms with van der Waals surface area (Å²) in [6, 6.07) is 8.41. The molecule has 0 atom stereocenters. The van der Waals surface area contributed by atoms with Crippen LogP contribution in [0.15, 0.2) is 35.5 Å². The lowest BCUT2D eigenvalue weighted by molar-refractivity contribution is 0.794. The molecule has 0 unspecified atom stereocenters. The third kappa shape index (κ3) is 5.67. The van der Waals surface area contributed by atoms with Gasteiger partial charge in [-0.2, -0.15) is 5.10 Å². The minimum absolute atomic E-state index is 0. The summed E-state index contributed by atoms with van der Waals surface area (Å²) in [6.07, 6.45) is 1.75. The zero-order valence-electron chi connectivity index (χ0n) is 13.3. The Morgan fingerprint density at radius 2 is 2.05 bits per heavy atom. The number of rotatable bonds is 5. The van der Waals surface area contributed by atoms with E-state index >= 15 is 0 Å². The Balaban J connectivity index is 0.00000242. The predicted octanol–water partition coefficient (Wildman–Crippen LogP) is 2.90. The van der Waals surface area contributed by atoms with Crippen molar-refractivity contribution >= 4 is 29.9 Å². The molecule has 6 heteroatoms. The van der Waals surface area contributed by atoms with Crippen LogP contribution >= 0.6 is 24.0 Å². The Kier molecular flexibility index (Phi) is 7.94. The molecule has 0 aliphatic carbocycles. The largest absolute Gasteiger partial charge is 0.357 e. The molecule has 3 N–H and O–H groups in total. The predicted molar refractivity (Wildman–Crippen MR) is 102 cm³/mol. The monoisotopic (exact) mass is 413 g/mol. The lowest BCUT2D eigenvalue weighted by atomic mass is 10.1. The molecule has 120 valence electrons. The molecule has 0 spiro atoms. The van der Waals surface area contributed by atoms with Gasteiger partial charge in [0.05, 0.1) is 18.8 Å². The van der Waals surface area contributed by atoms with E-state index < -0.39 is 0 Å². The molecule has 0 saturated heterocycles. The van der Waals surface area contributed by atoms with E-state index in [1.54, 1.807) is 6.20 Å². The van der Waals surface area contributed by atoms with Gasteiger partial charge in [0.15, 0.2) is 5.96 Å². The number of halogens is 1. The first-order valence-corrected chi connectivity index (χ1v) is 7.25. The van der Waals surface area contributed by atoms with Crippen LogP contribution in [0.2, 0.25) is 0 Å². The third-order valence-corrected chi connectivity index (χ3v) is 3.25. The fraction of sp³-hybridized carbons (Fsp3) is 0.375. The molecule has 1 heterocycles. The molecule has 0 aliphatic rings. The fourth-order valence-electron chi connectivity index (χ4n) is 2.09. The van der Waals surface area contributed by atoms with Crippen LogP contribution in [-0.2, 0) is 13.1 Å². The number of aryl methyl sites for hydroxylation is 2. The number of H-pyrrole nitrogens is 1. The van der Waals surface area contributed by atoms with Crippen LogP contribution in [-0.4, -0.2) is 22.7 Å². The Morgan fingerprint density at radius 1 is 1.23 bits per heavy atom. The molecule has 0 amide bonds. The van der Waals surface area contributed by atoms with Crippen LogP contribution in [0.3, 0.4) is 0 Å². The molecule has 0 bridgehead atoms. The number of aromatic amines is 1. The molecule has 22 heavy (non-hydrogen) atoms. The van der Waals surface area contributed by atoms with Gasteiger partial charge in [-0.1, -0.05) is 23.8 Å². The number of nitrogens with one attached hydrogen (secondary N) is 3. The van der Waals surface area contributed by atoms with Crippen molar-refractivity contribution in [2.75, 3.05) is 6.54 Å². The first-order valence-electron chi connectivity index (χ1n) is 7.25. The molecule has 0 radical (unpaired) electrons. The second-order valence-electron chi connectivity index (χ2n) is 5.06. The third-order valence-electron chi connectivity index (χ3n) is 3.25. The van der Waals surface area contributed by atoms with Gasteiger partial charge < -0.3 is 10.6 Å². The van der Waals surface area contributed by atoms with Crippen molar-refractivity contribution in [1.29, 1.82) is 0 Å². The number of guanidine groups is 1. The van der Waals surface area contributed by atoms with Crippen LogP contribution in [0, 0.1) is 13.8 Å². The first kappa shape index (κ1) is 18.5. The van der Waals surface area contributed by atoms with Crippen molar-refractivity contribution in [3.63, 3.8) is 0 Å². The van der Waals surface area contributed by atoms with Gasteiger partial charge in [-0.05, 0) is 38.0 Å². The van der Waals surface area contributed by atoms with E-state index in [1.165, 1.54) is 16.7 Å². The lowest BCUT2D eigenvalue weighted by Gasteiger charge is -2.11. The highest BCUT2D eigenvalue weighted by atomic mass is 127. The van der Waals surface area contributed by atoms with E-state index in [-0.39, 0.29) is 24.0 Å². The molecule has 1 aromatic carbocycles. The average Bonchev–Trinajstić information content (AvgIpc) is 2.96. The standard InChI is InChI=1S/C16H23N5.HI/c1-4-17-16(19-11-15-7-8-20-21-15)18-10-14-6-5-12(2)9-13(14)3;/h5-9H,4,10-11H2,1-3H3,(H,20,21)(H2,17,18,19);1H. The minimum atomic E-state index is 0. The fourth-order valence-corrected chi connectivity index (χ4v) is 2.09. The van der Waals surface area contributed by atoms with Gasteiger partial charge in [0.2, 0.25) is 0 Å². The van der Waals surface area contributed by atoms with Crippen LogP contribution in [0.25, 0.3) is 0 Å². The number of hydrogen-bond donors (Lipinski definition) is 3. The molecule has 0 fully saturated rings. The highest BCUT2D eigenvalue weighted by Gasteiger charge is 2.01. The second-order valence-corrected chi connectivity index (χ2v) is 5.06. The summed E-state index contributed by atoms with van der Waals surface area (Å²) in [5.41, 5.74) is 4.85.